The number of carbonyl (C=O) groups is 1. The molecule has 6 heteroatoms. The highest BCUT2D eigenvalue weighted by Gasteiger charge is 2.15. The topological polar surface area (TPSA) is 76.4 Å². The first-order valence-corrected chi connectivity index (χ1v) is 5.97. The van der Waals surface area contributed by atoms with Gasteiger partial charge in [0, 0.05) is 5.39 Å². The average molecular weight is 239 g/mol. The van der Waals surface area contributed by atoms with Crippen LogP contribution in [0, 0.1) is 0 Å². The van der Waals surface area contributed by atoms with Crippen LogP contribution in [0.5, 0.6) is 0 Å². The molecule has 2 aromatic rings. The summed E-state index contributed by atoms with van der Waals surface area (Å²) in [5, 5.41) is 0.582. The van der Waals surface area contributed by atoms with Crippen LogP contribution in [0.3, 0.4) is 0 Å². The summed E-state index contributed by atoms with van der Waals surface area (Å²) < 4.78 is 30.4. The van der Waals surface area contributed by atoms with Crippen LogP contribution in [0.1, 0.15) is 10.4 Å². The summed E-state index contributed by atoms with van der Waals surface area (Å²) in [6.45, 7) is 0. The van der Waals surface area contributed by atoms with Crippen molar-refractivity contribution in [3.05, 3.63) is 30.0 Å². The van der Waals surface area contributed by atoms with Crippen LogP contribution < -0.4 is 4.72 Å². The fraction of sp³-hybridized carbons (Fsp3) is 0.100. The zero-order valence-electron chi connectivity index (χ0n) is 8.43. The number of nitrogens with one attached hydrogen (secondary N) is 1. The van der Waals surface area contributed by atoms with Crippen molar-refractivity contribution in [3.8, 4) is 0 Å². The fourth-order valence-corrected chi connectivity index (χ4v) is 2.24. The van der Waals surface area contributed by atoms with E-state index in [1.165, 1.54) is 25.4 Å². The summed E-state index contributed by atoms with van der Waals surface area (Å²) in [5.41, 5.74) is 0.612. The zero-order valence-corrected chi connectivity index (χ0v) is 9.24. The Morgan fingerprint density at radius 2 is 2.12 bits per heavy atom. The number of hydrogen-bond acceptors (Lipinski definition) is 4. The molecule has 0 aliphatic rings. The van der Waals surface area contributed by atoms with Gasteiger partial charge in [-0.25, -0.2) is 13.1 Å². The van der Waals surface area contributed by atoms with Crippen LogP contribution in [0.4, 0.5) is 0 Å². The Morgan fingerprint density at radius 3 is 2.75 bits per heavy atom. The molecule has 5 nitrogen and oxygen atoms in total. The summed E-state index contributed by atoms with van der Waals surface area (Å²) in [4.78, 5) is 10.9. The molecule has 16 heavy (non-hydrogen) atoms. The SMILES string of the molecule is CNS(=O)(=O)c1cc(C=O)c2occc2c1. The fourth-order valence-electron chi connectivity index (χ4n) is 1.44. The van der Waals surface area contributed by atoms with Crippen molar-refractivity contribution >= 4 is 27.3 Å². The Balaban J connectivity index is 2.79. The molecule has 0 amide bonds. The first-order chi connectivity index (χ1) is 7.58. The number of carbonyl (C=O) groups excluding carboxylic acids is 1. The predicted octanol–water partition coefficient (Wildman–Crippen LogP) is 1.15. The van der Waals surface area contributed by atoms with Crippen LogP contribution in [0.15, 0.2) is 33.8 Å². The number of rotatable bonds is 3. The van der Waals surface area contributed by atoms with Crippen molar-refractivity contribution in [1.82, 2.24) is 4.72 Å². The summed E-state index contributed by atoms with van der Waals surface area (Å²) >= 11 is 0. The minimum absolute atomic E-state index is 0.0472. The second-order valence-electron chi connectivity index (χ2n) is 3.18. The van der Waals surface area contributed by atoms with Crippen LogP contribution in [-0.4, -0.2) is 21.8 Å². The summed E-state index contributed by atoms with van der Waals surface area (Å²) in [5.74, 6) is 0. The molecule has 0 aliphatic carbocycles. The lowest BCUT2D eigenvalue weighted by Gasteiger charge is -2.03. The van der Waals surface area contributed by atoms with Gasteiger partial charge in [0.05, 0.1) is 16.7 Å². The van der Waals surface area contributed by atoms with E-state index in [-0.39, 0.29) is 10.5 Å². The van der Waals surface area contributed by atoms with Crippen molar-refractivity contribution in [2.45, 2.75) is 4.90 Å². The molecule has 0 atom stereocenters. The van der Waals surface area contributed by atoms with Crippen LogP contribution in [0.25, 0.3) is 11.0 Å². The Morgan fingerprint density at radius 1 is 1.38 bits per heavy atom. The van der Waals surface area contributed by atoms with Gasteiger partial charge >= 0.3 is 0 Å². The van der Waals surface area contributed by atoms with Gasteiger partial charge in [0.15, 0.2) is 6.29 Å². The molecular weight excluding hydrogens is 230 g/mol. The molecule has 0 aliphatic heterocycles. The molecule has 0 saturated heterocycles. The van der Waals surface area contributed by atoms with Crippen molar-refractivity contribution in [2.24, 2.45) is 0 Å². The predicted molar refractivity (Wildman–Crippen MR) is 57.8 cm³/mol. The first kappa shape index (κ1) is 10.8. The van der Waals surface area contributed by atoms with Gasteiger partial charge in [0.1, 0.15) is 5.58 Å². The highest BCUT2D eigenvalue weighted by molar-refractivity contribution is 7.89. The maximum absolute atomic E-state index is 11.6. The van der Waals surface area contributed by atoms with E-state index in [1.54, 1.807) is 6.07 Å². The summed E-state index contributed by atoms with van der Waals surface area (Å²) in [6, 6.07) is 4.35. The largest absolute Gasteiger partial charge is 0.464 e. The smallest absolute Gasteiger partial charge is 0.240 e. The quantitative estimate of drug-likeness (QED) is 0.815. The molecule has 0 radical (unpaired) electrons. The third kappa shape index (κ3) is 1.62. The number of fused-ring (bicyclic) bond motifs is 1. The molecule has 0 unspecified atom stereocenters. The molecule has 0 spiro atoms. The highest BCUT2D eigenvalue weighted by Crippen LogP contribution is 2.23. The van der Waals surface area contributed by atoms with Gasteiger partial charge < -0.3 is 4.42 Å². The van der Waals surface area contributed by atoms with Crippen molar-refractivity contribution in [2.75, 3.05) is 7.05 Å². The maximum atomic E-state index is 11.6. The number of benzene rings is 1. The van der Waals surface area contributed by atoms with Gasteiger partial charge in [-0.15, -0.1) is 0 Å². The van der Waals surface area contributed by atoms with Gasteiger partial charge in [-0.1, -0.05) is 0 Å². The second kappa shape index (κ2) is 3.73. The van der Waals surface area contributed by atoms with Gasteiger partial charge in [0.2, 0.25) is 10.0 Å². The van der Waals surface area contributed by atoms with Gasteiger partial charge in [-0.3, -0.25) is 4.79 Å². The lowest BCUT2D eigenvalue weighted by Crippen LogP contribution is -2.18. The van der Waals surface area contributed by atoms with E-state index in [0.29, 0.717) is 17.3 Å². The van der Waals surface area contributed by atoms with Crippen molar-refractivity contribution < 1.29 is 17.6 Å². The molecule has 84 valence electrons. The third-order valence-electron chi connectivity index (χ3n) is 2.26. The summed E-state index contributed by atoms with van der Waals surface area (Å²) in [7, 11) is -2.24. The average Bonchev–Trinajstić information content (AvgIpc) is 2.75. The Bertz CT molecular complexity index is 642. The van der Waals surface area contributed by atoms with E-state index in [4.69, 9.17) is 4.42 Å². The monoisotopic (exact) mass is 239 g/mol. The van der Waals surface area contributed by atoms with Gasteiger partial charge in [-0.2, -0.15) is 0 Å². The molecule has 1 heterocycles. The molecule has 2 rings (SSSR count). The maximum Gasteiger partial charge on any atom is 0.240 e. The number of aldehydes is 1. The first-order valence-electron chi connectivity index (χ1n) is 4.48. The summed E-state index contributed by atoms with van der Waals surface area (Å²) in [6.07, 6.45) is 1.98. The molecular formula is C10H9NO4S. The minimum atomic E-state index is -3.55. The lowest BCUT2D eigenvalue weighted by atomic mass is 10.2. The van der Waals surface area contributed by atoms with Crippen molar-refractivity contribution in [1.29, 1.82) is 0 Å². The van der Waals surface area contributed by atoms with Gasteiger partial charge in [0.25, 0.3) is 0 Å². The van der Waals surface area contributed by atoms with Crippen molar-refractivity contribution in [3.63, 3.8) is 0 Å². The van der Waals surface area contributed by atoms with E-state index in [9.17, 15) is 13.2 Å². The lowest BCUT2D eigenvalue weighted by molar-refractivity contribution is 0.112. The highest BCUT2D eigenvalue weighted by atomic mass is 32.2. The van der Waals surface area contributed by atoms with E-state index < -0.39 is 10.0 Å². The van der Waals surface area contributed by atoms with Gasteiger partial charge in [-0.05, 0) is 25.2 Å². The molecule has 0 fully saturated rings. The number of furan rings is 1. The Labute approximate surface area is 92.1 Å². The van der Waals surface area contributed by atoms with Crippen LogP contribution in [-0.2, 0) is 10.0 Å². The van der Waals surface area contributed by atoms with E-state index in [0.717, 1.165) is 0 Å². The van der Waals surface area contributed by atoms with E-state index >= 15 is 0 Å². The number of hydrogen-bond donors (Lipinski definition) is 1. The molecule has 0 saturated carbocycles. The number of sulfonamides is 1. The second-order valence-corrected chi connectivity index (χ2v) is 5.06. The van der Waals surface area contributed by atoms with E-state index in [2.05, 4.69) is 4.72 Å². The molecule has 1 aromatic carbocycles. The Kier molecular flexibility index (Phi) is 2.53. The molecule has 1 aromatic heterocycles. The standard InChI is InChI=1S/C10H9NO4S/c1-11-16(13,14)9-4-7-2-3-15-10(7)8(5-9)6-12/h2-6,11H,1H3. The van der Waals surface area contributed by atoms with Crippen LogP contribution in [0.2, 0.25) is 0 Å². The minimum Gasteiger partial charge on any atom is -0.464 e. The zero-order chi connectivity index (χ0) is 11.8. The van der Waals surface area contributed by atoms with E-state index in [1.807, 2.05) is 0 Å². The Hall–Kier alpha value is -1.66. The van der Waals surface area contributed by atoms with Crippen LogP contribution >= 0.6 is 0 Å². The normalized spacial score (nSPS) is 11.8. The molecule has 0 bridgehead atoms. The molecule has 1 N–H and O–H groups in total. The third-order valence-corrected chi connectivity index (χ3v) is 3.65.